The summed E-state index contributed by atoms with van der Waals surface area (Å²) in [6.45, 7) is 6.26. The van der Waals surface area contributed by atoms with E-state index in [9.17, 15) is 15.0 Å². The predicted octanol–water partition coefficient (Wildman–Crippen LogP) is 3.71. The summed E-state index contributed by atoms with van der Waals surface area (Å²) in [4.78, 5) is 12.2. The number of Topliss-reactive ketones (excluding diaryl/α,β-unsaturated/α-hetero) is 1. The Morgan fingerprint density at radius 2 is 1.67 bits per heavy atom. The largest absolute Gasteiger partial charge is 0.393 e. The van der Waals surface area contributed by atoms with E-state index in [2.05, 4.69) is 13.8 Å². The lowest BCUT2D eigenvalue weighted by molar-refractivity contribution is -0.170. The standard InChI is InChI=1S/C21H34O3/c1-13(22)21(24)11-8-18-16-5-4-14-12-15(23)6-9-19(14,2)17(16)7-10-20(18,21)3/h14-18,23-24H,4-12H2,1-3H3/t14-,15-,16-,17+,18+,19+,20+,21+/m1/s1. The number of fused-ring (bicyclic) bond motifs is 5. The highest BCUT2D eigenvalue weighted by Gasteiger charge is 2.65. The van der Waals surface area contributed by atoms with Gasteiger partial charge in [0.1, 0.15) is 5.60 Å². The topological polar surface area (TPSA) is 57.5 Å². The Bertz CT molecular complexity index is 545. The Morgan fingerprint density at radius 3 is 2.38 bits per heavy atom. The normalized spacial score (nSPS) is 57.0. The number of carbonyl (C=O) groups is 1. The van der Waals surface area contributed by atoms with Gasteiger partial charge in [-0.15, -0.1) is 0 Å². The van der Waals surface area contributed by atoms with E-state index in [-0.39, 0.29) is 17.3 Å². The number of hydrogen-bond donors (Lipinski definition) is 2. The molecule has 3 heteroatoms. The summed E-state index contributed by atoms with van der Waals surface area (Å²) in [5.41, 5.74) is -0.957. The van der Waals surface area contributed by atoms with Crippen molar-refractivity contribution < 1.29 is 15.0 Å². The van der Waals surface area contributed by atoms with Crippen LogP contribution in [0.15, 0.2) is 0 Å². The molecule has 4 aliphatic rings. The van der Waals surface area contributed by atoms with Crippen LogP contribution in [0.1, 0.15) is 78.6 Å². The van der Waals surface area contributed by atoms with E-state index >= 15 is 0 Å². The van der Waals surface area contributed by atoms with E-state index in [4.69, 9.17) is 0 Å². The van der Waals surface area contributed by atoms with Crippen LogP contribution in [-0.2, 0) is 4.79 Å². The quantitative estimate of drug-likeness (QED) is 0.768. The first-order valence-electron chi connectivity index (χ1n) is 10.1. The Kier molecular flexibility index (Phi) is 3.76. The van der Waals surface area contributed by atoms with Gasteiger partial charge in [-0.1, -0.05) is 13.8 Å². The van der Waals surface area contributed by atoms with Crippen molar-refractivity contribution in [3.8, 4) is 0 Å². The Morgan fingerprint density at radius 1 is 0.958 bits per heavy atom. The first-order chi connectivity index (χ1) is 11.2. The van der Waals surface area contributed by atoms with Gasteiger partial charge >= 0.3 is 0 Å². The molecule has 24 heavy (non-hydrogen) atoms. The molecular formula is C21H34O3. The fraction of sp³-hybridized carbons (Fsp3) is 0.952. The number of aliphatic hydroxyl groups is 2. The monoisotopic (exact) mass is 334 g/mol. The van der Waals surface area contributed by atoms with Crippen molar-refractivity contribution in [3.05, 3.63) is 0 Å². The number of carbonyl (C=O) groups excluding carboxylic acids is 1. The molecule has 0 unspecified atom stereocenters. The first kappa shape index (κ1) is 17.0. The second-order valence-electron chi connectivity index (χ2n) is 10.00. The molecule has 4 saturated carbocycles. The molecule has 4 fully saturated rings. The van der Waals surface area contributed by atoms with Crippen LogP contribution >= 0.6 is 0 Å². The molecule has 0 aromatic rings. The highest BCUT2D eigenvalue weighted by Crippen LogP contribution is 2.68. The van der Waals surface area contributed by atoms with E-state index in [1.54, 1.807) is 6.92 Å². The van der Waals surface area contributed by atoms with Gasteiger partial charge in [-0.2, -0.15) is 0 Å². The van der Waals surface area contributed by atoms with E-state index in [0.29, 0.717) is 29.6 Å². The second kappa shape index (κ2) is 5.30. The summed E-state index contributed by atoms with van der Waals surface area (Å²) >= 11 is 0. The molecule has 0 heterocycles. The van der Waals surface area contributed by atoms with Crippen molar-refractivity contribution in [2.45, 2.75) is 90.3 Å². The van der Waals surface area contributed by atoms with Crippen molar-refractivity contribution in [2.75, 3.05) is 0 Å². The summed E-state index contributed by atoms with van der Waals surface area (Å²) in [6, 6.07) is 0. The van der Waals surface area contributed by atoms with Gasteiger partial charge in [0.05, 0.1) is 6.10 Å². The molecular weight excluding hydrogens is 300 g/mol. The van der Waals surface area contributed by atoms with Crippen LogP contribution in [-0.4, -0.2) is 27.7 Å². The fourth-order valence-corrected chi connectivity index (χ4v) is 7.83. The molecule has 0 bridgehead atoms. The highest BCUT2D eigenvalue weighted by atomic mass is 16.3. The minimum Gasteiger partial charge on any atom is -0.393 e. The van der Waals surface area contributed by atoms with Gasteiger partial charge in [-0.05, 0) is 93.8 Å². The molecule has 8 atom stereocenters. The smallest absolute Gasteiger partial charge is 0.161 e. The minimum absolute atomic E-state index is 0.0216. The van der Waals surface area contributed by atoms with Gasteiger partial charge in [-0.25, -0.2) is 0 Å². The summed E-state index contributed by atoms with van der Waals surface area (Å²) < 4.78 is 0. The van der Waals surface area contributed by atoms with Crippen LogP contribution in [0, 0.1) is 34.5 Å². The lowest BCUT2D eigenvalue weighted by Gasteiger charge is -2.61. The van der Waals surface area contributed by atoms with Crippen LogP contribution in [0.3, 0.4) is 0 Å². The third-order valence-corrected chi connectivity index (χ3v) is 9.37. The van der Waals surface area contributed by atoms with Gasteiger partial charge in [0.2, 0.25) is 0 Å². The summed E-state index contributed by atoms with van der Waals surface area (Å²) in [6.07, 6.45) is 9.25. The second-order valence-corrected chi connectivity index (χ2v) is 10.00. The Labute approximate surface area is 146 Å². The molecule has 0 saturated heterocycles. The molecule has 2 N–H and O–H groups in total. The fourth-order valence-electron chi connectivity index (χ4n) is 7.83. The molecule has 136 valence electrons. The molecule has 0 amide bonds. The molecule has 3 nitrogen and oxygen atoms in total. The number of ketones is 1. The summed E-state index contributed by atoms with van der Waals surface area (Å²) in [7, 11) is 0. The van der Waals surface area contributed by atoms with Crippen LogP contribution in [0.2, 0.25) is 0 Å². The lowest BCUT2D eigenvalue weighted by atomic mass is 9.44. The number of aliphatic hydroxyl groups excluding tert-OH is 1. The zero-order valence-electron chi connectivity index (χ0n) is 15.6. The van der Waals surface area contributed by atoms with Gasteiger partial charge in [-0.3, -0.25) is 4.79 Å². The average Bonchev–Trinajstić information content (AvgIpc) is 2.81. The van der Waals surface area contributed by atoms with Crippen molar-refractivity contribution in [2.24, 2.45) is 34.5 Å². The van der Waals surface area contributed by atoms with Gasteiger partial charge < -0.3 is 10.2 Å². The van der Waals surface area contributed by atoms with Crippen LogP contribution in [0.4, 0.5) is 0 Å². The molecule has 0 aromatic carbocycles. The number of hydrogen-bond acceptors (Lipinski definition) is 3. The average molecular weight is 335 g/mol. The van der Waals surface area contributed by atoms with Crippen molar-refractivity contribution in [3.63, 3.8) is 0 Å². The van der Waals surface area contributed by atoms with Crippen LogP contribution in [0.25, 0.3) is 0 Å². The maximum Gasteiger partial charge on any atom is 0.161 e. The van der Waals surface area contributed by atoms with Gasteiger partial charge in [0, 0.05) is 5.41 Å². The Hall–Kier alpha value is -0.410. The molecule has 4 rings (SSSR count). The van der Waals surface area contributed by atoms with Gasteiger partial charge in [0.25, 0.3) is 0 Å². The minimum atomic E-state index is -1.09. The third-order valence-electron chi connectivity index (χ3n) is 9.37. The van der Waals surface area contributed by atoms with E-state index in [1.807, 2.05) is 0 Å². The number of rotatable bonds is 1. The first-order valence-corrected chi connectivity index (χ1v) is 10.1. The van der Waals surface area contributed by atoms with E-state index < -0.39 is 5.60 Å². The molecule has 0 spiro atoms. The summed E-state index contributed by atoms with van der Waals surface area (Å²) in [5, 5.41) is 21.3. The van der Waals surface area contributed by atoms with Crippen LogP contribution in [0.5, 0.6) is 0 Å². The maximum absolute atomic E-state index is 12.2. The van der Waals surface area contributed by atoms with E-state index in [0.717, 1.165) is 44.4 Å². The maximum atomic E-state index is 12.2. The van der Waals surface area contributed by atoms with Crippen molar-refractivity contribution >= 4 is 5.78 Å². The highest BCUT2D eigenvalue weighted by molar-refractivity contribution is 5.86. The van der Waals surface area contributed by atoms with Crippen molar-refractivity contribution in [1.29, 1.82) is 0 Å². The SMILES string of the molecule is CC(=O)[C@@]1(O)CC[C@H]2[C@@H]3CC[C@@H]4C[C@H](O)CC[C@]4(C)[C@H]3CC[C@@]21C. The van der Waals surface area contributed by atoms with Crippen molar-refractivity contribution in [1.82, 2.24) is 0 Å². The predicted molar refractivity (Wildman–Crippen MR) is 93.4 cm³/mol. The van der Waals surface area contributed by atoms with E-state index in [1.165, 1.54) is 12.8 Å². The summed E-state index contributed by atoms with van der Waals surface area (Å²) in [5.74, 6) is 2.52. The molecule has 4 aliphatic carbocycles. The third kappa shape index (κ3) is 2.00. The molecule has 0 aliphatic heterocycles. The zero-order valence-corrected chi connectivity index (χ0v) is 15.6. The lowest BCUT2D eigenvalue weighted by Crippen LogP contribution is -2.58. The zero-order chi connectivity index (χ0) is 17.3. The Balaban J connectivity index is 1.65. The molecule has 0 radical (unpaired) electrons. The van der Waals surface area contributed by atoms with Crippen LogP contribution < -0.4 is 0 Å². The molecule has 0 aromatic heterocycles. The van der Waals surface area contributed by atoms with Gasteiger partial charge in [0.15, 0.2) is 5.78 Å².